The maximum atomic E-state index is 11.7. The van der Waals surface area contributed by atoms with Crippen molar-refractivity contribution in [2.45, 2.75) is 19.4 Å². The average Bonchev–Trinajstić information content (AvgIpc) is 2.27. The van der Waals surface area contributed by atoms with E-state index in [1.807, 2.05) is 0 Å². The van der Waals surface area contributed by atoms with Crippen LogP contribution in [0.3, 0.4) is 0 Å². The van der Waals surface area contributed by atoms with E-state index in [2.05, 4.69) is 10.1 Å². The van der Waals surface area contributed by atoms with E-state index in [1.165, 1.54) is 0 Å². The second-order valence-electron chi connectivity index (χ2n) is 3.74. The Morgan fingerprint density at radius 2 is 2.11 bits per heavy atom. The molecule has 0 spiro atoms. The molecule has 18 heavy (non-hydrogen) atoms. The first-order chi connectivity index (χ1) is 8.45. The molecule has 0 aliphatic carbocycles. The number of nitrogens with one attached hydrogen (secondary N) is 1. The number of carboxylic acids is 1. The van der Waals surface area contributed by atoms with E-state index in [1.54, 1.807) is 6.92 Å². The van der Waals surface area contributed by atoms with Gasteiger partial charge in [0.15, 0.2) is 0 Å². The van der Waals surface area contributed by atoms with Crippen molar-refractivity contribution < 1.29 is 29.0 Å². The lowest BCUT2D eigenvalue weighted by Gasteiger charge is -2.33. The number of carbonyl (C=O) groups is 4. The topological polar surface area (TPSA) is 113 Å². The van der Waals surface area contributed by atoms with Crippen LogP contribution < -0.4 is 5.32 Å². The summed E-state index contributed by atoms with van der Waals surface area (Å²) in [5.41, 5.74) is 0. The van der Waals surface area contributed by atoms with Crippen LogP contribution in [0.25, 0.3) is 0 Å². The maximum Gasteiger partial charge on any atom is 0.329 e. The van der Waals surface area contributed by atoms with Crippen LogP contribution in [0.5, 0.6) is 0 Å². The summed E-state index contributed by atoms with van der Waals surface area (Å²) in [6, 6.07) is -0.719. The Kier molecular flexibility index (Phi) is 4.78. The molecular weight excluding hydrogens is 244 g/mol. The fourth-order valence-electron chi connectivity index (χ4n) is 1.64. The molecule has 0 aromatic carbocycles. The van der Waals surface area contributed by atoms with Gasteiger partial charge in [0.25, 0.3) is 0 Å². The molecule has 8 nitrogen and oxygen atoms in total. The lowest BCUT2D eigenvalue weighted by molar-refractivity contribution is -0.154. The molecular formula is C10H14N2O6. The quantitative estimate of drug-likeness (QED) is 0.571. The summed E-state index contributed by atoms with van der Waals surface area (Å²) in [4.78, 5) is 45.7. The smallest absolute Gasteiger partial charge is 0.329 e. The molecule has 100 valence electrons. The zero-order valence-electron chi connectivity index (χ0n) is 9.84. The maximum absolute atomic E-state index is 11.7. The monoisotopic (exact) mass is 258 g/mol. The van der Waals surface area contributed by atoms with Gasteiger partial charge in [-0.3, -0.25) is 19.7 Å². The van der Waals surface area contributed by atoms with E-state index >= 15 is 0 Å². The highest BCUT2D eigenvalue weighted by atomic mass is 16.5. The Labute approximate surface area is 103 Å². The number of carboxylic acid groups (broad SMARTS) is 1. The standard InChI is InChI=1S/C10H14N2O6/c1-2-6-10(17)11-7(13)3-12(6)8(14)4-18-5-9(15)16/h6H,2-5H2,1H3,(H,15,16)(H,11,13,17). The van der Waals surface area contributed by atoms with Gasteiger partial charge in [0.2, 0.25) is 17.7 Å². The molecule has 1 aliphatic rings. The van der Waals surface area contributed by atoms with Crippen LogP contribution >= 0.6 is 0 Å². The van der Waals surface area contributed by atoms with Crippen LogP contribution in [-0.2, 0) is 23.9 Å². The van der Waals surface area contributed by atoms with Gasteiger partial charge in [0, 0.05) is 0 Å². The van der Waals surface area contributed by atoms with Gasteiger partial charge in [-0.25, -0.2) is 4.79 Å². The summed E-state index contributed by atoms with van der Waals surface area (Å²) in [7, 11) is 0. The molecule has 1 fully saturated rings. The number of piperazine rings is 1. The molecule has 1 unspecified atom stereocenters. The molecule has 1 saturated heterocycles. The number of ether oxygens (including phenoxy) is 1. The summed E-state index contributed by atoms with van der Waals surface area (Å²) in [6.45, 7) is 0.414. The first-order valence-electron chi connectivity index (χ1n) is 5.38. The van der Waals surface area contributed by atoms with Crippen LogP contribution in [0.1, 0.15) is 13.3 Å². The lowest BCUT2D eigenvalue weighted by Crippen LogP contribution is -2.60. The van der Waals surface area contributed by atoms with E-state index < -0.39 is 42.9 Å². The van der Waals surface area contributed by atoms with Crippen LogP contribution in [0.2, 0.25) is 0 Å². The third kappa shape index (κ3) is 3.52. The number of rotatable bonds is 5. The van der Waals surface area contributed by atoms with Crippen molar-refractivity contribution in [2.75, 3.05) is 19.8 Å². The highest BCUT2D eigenvalue weighted by Gasteiger charge is 2.35. The summed E-state index contributed by atoms with van der Waals surface area (Å²) in [6.07, 6.45) is 0.365. The molecule has 8 heteroatoms. The molecule has 0 radical (unpaired) electrons. The predicted molar refractivity (Wildman–Crippen MR) is 57.4 cm³/mol. The highest BCUT2D eigenvalue weighted by Crippen LogP contribution is 2.09. The molecule has 1 rings (SSSR count). The van der Waals surface area contributed by atoms with E-state index in [0.717, 1.165) is 4.90 Å². The third-order valence-electron chi connectivity index (χ3n) is 2.41. The van der Waals surface area contributed by atoms with Crippen molar-refractivity contribution in [3.63, 3.8) is 0 Å². The number of nitrogens with zero attached hydrogens (tertiary/aromatic N) is 1. The van der Waals surface area contributed by atoms with E-state index in [4.69, 9.17) is 5.11 Å². The molecule has 1 aliphatic heterocycles. The summed E-state index contributed by atoms with van der Waals surface area (Å²) in [5.74, 6) is -2.86. The molecule has 0 saturated carbocycles. The number of hydrogen-bond acceptors (Lipinski definition) is 5. The molecule has 1 heterocycles. The van der Waals surface area contributed by atoms with Crippen molar-refractivity contribution in [1.82, 2.24) is 10.2 Å². The van der Waals surface area contributed by atoms with Crippen LogP contribution in [-0.4, -0.2) is 59.5 Å². The molecule has 3 amide bonds. The van der Waals surface area contributed by atoms with Crippen molar-refractivity contribution in [3.8, 4) is 0 Å². The zero-order chi connectivity index (χ0) is 13.7. The van der Waals surface area contributed by atoms with Crippen LogP contribution in [0, 0.1) is 0 Å². The van der Waals surface area contributed by atoms with Gasteiger partial charge in [-0.05, 0) is 6.42 Å². The SMILES string of the molecule is CCC1C(=O)NC(=O)CN1C(=O)COCC(=O)O. The predicted octanol–water partition coefficient (Wildman–Crippen LogP) is -1.65. The minimum atomic E-state index is -1.19. The second-order valence-corrected chi connectivity index (χ2v) is 3.74. The number of amides is 3. The van der Waals surface area contributed by atoms with Gasteiger partial charge in [0.1, 0.15) is 25.8 Å². The number of aliphatic carboxylic acids is 1. The first-order valence-corrected chi connectivity index (χ1v) is 5.38. The number of hydrogen-bond donors (Lipinski definition) is 2. The number of carbonyl (C=O) groups excluding carboxylic acids is 3. The third-order valence-corrected chi connectivity index (χ3v) is 2.41. The Balaban J connectivity index is 2.60. The summed E-state index contributed by atoms with van der Waals surface area (Å²) >= 11 is 0. The normalized spacial score (nSPS) is 19.6. The fourth-order valence-corrected chi connectivity index (χ4v) is 1.64. The molecule has 2 N–H and O–H groups in total. The molecule has 0 aromatic heterocycles. The average molecular weight is 258 g/mol. The van der Waals surface area contributed by atoms with Gasteiger partial charge in [0.05, 0.1) is 0 Å². The van der Waals surface area contributed by atoms with Gasteiger partial charge in [-0.2, -0.15) is 0 Å². The number of imide groups is 1. The van der Waals surface area contributed by atoms with Crippen molar-refractivity contribution in [1.29, 1.82) is 0 Å². The molecule has 1 atom stereocenters. The Bertz CT molecular complexity index is 381. The minimum Gasteiger partial charge on any atom is -0.480 e. The van der Waals surface area contributed by atoms with Gasteiger partial charge >= 0.3 is 5.97 Å². The highest BCUT2D eigenvalue weighted by molar-refractivity contribution is 6.04. The Morgan fingerprint density at radius 1 is 1.44 bits per heavy atom. The van der Waals surface area contributed by atoms with Gasteiger partial charge < -0.3 is 14.7 Å². The lowest BCUT2D eigenvalue weighted by atomic mass is 10.1. The van der Waals surface area contributed by atoms with Crippen molar-refractivity contribution in [3.05, 3.63) is 0 Å². The second kappa shape index (κ2) is 6.10. The van der Waals surface area contributed by atoms with Crippen LogP contribution in [0.4, 0.5) is 0 Å². The molecule has 0 bridgehead atoms. The van der Waals surface area contributed by atoms with Crippen molar-refractivity contribution >= 4 is 23.7 Å². The first kappa shape index (κ1) is 14.1. The van der Waals surface area contributed by atoms with E-state index in [0.29, 0.717) is 6.42 Å². The largest absolute Gasteiger partial charge is 0.480 e. The Hall–Kier alpha value is -1.96. The summed E-state index contributed by atoms with van der Waals surface area (Å²) in [5, 5.41) is 10.5. The minimum absolute atomic E-state index is 0.223. The van der Waals surface area contributed by atoms with Crippen molar-refractivity contribution in [2.24, 2.45) is 0 Å². The molecule has 0 aromatic rings. The van der Waals surface area contributed by atoms with Crippen LogP contribution in [0.15, 0.2) is 0 Å². The fraction of sp³-hybridized carbons (Fsp3) is 0.600. The summed E-state index contributed by atoms with van der Waals surface area (Å²) < 4.78 is 4.64. The zero-order valence-corrected chi connectivity index (χ0v) is 9.84. The van der Waals surface area contributed by atoms with Gasteiger partial charge in [-0.1, -0.05) is 6.92 Å². The van der Waals surface area contributed by atoms with Gasteiger partial charge in [-0.15, -0.1) is 0 Å². The Morgan fingerprint density at radius 3 is 2.67 bits per heavy atom. The van der Waals surface area contributed by atoms with E-state index in [-0.39, 0.29) is 6.54 Å². The van der Waals surface area contributed by atoms with E-state index in [9.17, 15) is 19.2 Å².